The first-order valence-electron chi connectivity index (χ1n) is 8.42. The van der Waals surface area contributed by atoms with Gasteiger partial charge in [0.05, 0.1) is 17.7 Å². The van der Waals surface area contributed by atoms with Crippen molar-refractivity contribution in [3.8, 4) is 11.5 Å². The topological polar surface area (TPSA) is 58.3 Å². The first kappa shape index (κ1) is 23.0. The fourth-order valence-electron chi connectivity index (χ4n) is 1.74. The smallest absolute Gasteiger partial charge is 0.222 e. The van der Waals surface area contributed by atoms with Crippen LogP contribution in [0.15, 0.2) is 39.7 Å². The molecule has 144 valence electrons. The van der Waals surface area contributed by atoms with Crippen molar-refractivity contribution >= 4 is 43.5 Å². The van der Waals surface area contributed by atoms with Crippen LogP contribution in [-0.4, -0.2) is 18.2 Å². The number of halogens is 3. The number of hydrogen-bond acceptors (Lipinski definition) is 4. The molecule has 8 heteroatoms. The second-order valence-corrected chi connectivity index (χ2v) is 7.59. The third kappa shape index (κ3) is 9.59. The predicted molar refractivity (Wildman–Crippen MR) is 111 cm³/mol. The Hall–Kier alpha value is -1.05. The van der Waals surface area contributed by atoms with Crippen LogP contribution in [-0.2, 0) is 0 Å². The summed E-state index contributed by atoms with van der Waals surface area (Å²) >= 11 is 12.3. The average molecular weight is 511 g/mol. The van der Waals surface area contributed by atoms with Gasteiger partial charge in [0.1, 0.15) is 0 Å². The van der Waals surface area contributed by atoms with E-state index in [2.05, 4.69) is 50.7 Å². The summed E-state index contributed by atoms with van der Waals surface area (Å²) in [5.74, 6) is 1.25. The van der Waals surface area contributed by atoms with Crippen LogP contribution in [0.2, 0.25) is 5.15 Å². The summed E-state index contributed by atoms with van der Waals surface area (Å²) < 4.78 is 13.1. The lowest BCUT2D eigenvalue weighted by Crippen LogP contribution is -2.24. The van der Waals surface area contributed by atoms with E-state index < -0.39 is 0 Å². The number of nitrogens with zero attached hydrogens (tertiary/aromatic N) is 2. The number of rotatable bonds is 8. The van der Waals surface area contributed by atoms with Gasteiger partial charge in [-0.3, -0.25) is 0 Å². The highest BCUT2D eigenvalue weighted by Crippen LogP contribution is 2.25. The lowest BCUT2D eigenvalue weighted by atomic mass is 10.4. The fraction of sp³-hybridized carbons (Fsp3) is 0.444. The van der Waals surface area contributed by atoms with E-state index in [1.807, 2.05) is 6.07 Å². The highest BCUT2D eigenvalue weighted by Gasteiger charge is 2.03. The number of pyridine rings is 2. The van der Waals surface area contributed by atoms with Gasteiger partial charge in [-0.1, -0.05) is 38.3 Å². The maximum Gasteiger partial charge on any atom is 0.222 e. The van der Waals surface area contributed by atoms with Gasteiger partial charge in [-0.15, -0.1) is 0 Å². The number of hydrogen-bond donors (Lipinski definition) is 0. The maximum atomic E-state index is 11.0. The van der Waals surface area contributed by atoms with Crippen LogP contribution in [0.3, 0.4) is 0 Å². The molecule has 0 spiro atoms. The predicted octanol–water partition coefficient (Wildman–Crippen LogP) is 5.94. The molecule has 0 amide bonds. The van der Waals surface area contributed by atoms with Crippen LogP contribution >= 0.6 is 43.5 Å². The molecule has 2 rings (SSSR count). The van der Waals surface area contributed by atoms with Crippen molar-refractivity contribution < 1.29 is 14.2 Å². The van der Waals surface area contributed by atoms with E-state index in [4.69, 9.17) is 21.1 Å². The van der Waals surface area contributed by atoms with Crippen LogP contribution in [0.5, 0.6) is 11.5 Å². The second-order valence-electron chi connectivity index (χ2n) is 5.40. The van der Waals surface area contributed by atoms with E-state index in [0.717, 1.165) is 39.4 Å². The SMILES string of the molecule is CCCCOc1cc(Br)c[n+]([O-])c1.CCCCOc1cc(Br)cnc1Cl. The summed E-state index contributed by atoms with van der Waals surface area (Å²) in [6.07, 6.45) is 8.74. The highest BCUT2D eigenvalue weighted by atomic mass is 79.9. The van der Waals surface area contributed by atoms with Crippen molar-refractivity contribution in [2.45, 2.75) is 39.5 Å². The Bertz CT molecular complexity index is 655. The fourth-order valence-corrected chi connectivity index (χ4v) is 2.64. The molecule has 0 unspecified atom stereocenters. The van der Waals surface area contributed by atoms with Gasteiger partial charge in [0.2, 0.25) is 6.20 Å². The molecule has 0 radical (unpaired) electrons. The molecule has 5 nitrogen and oxygen atoms in total. The first-order valence-corrected chi connectivity index (χ1v) is 10.4. The molecular weight excluding hydrogens is 487 g/mol. The van der Waals surface area contributed by atoms with Gasteiger partial charge in [-0.25, -0.2) is 4.98 Å². The van der Waals surface area contributed by atoms with Crippen molar-refractivity contribution in [2.24, 2.45) is 0 Å². The summed E-state index contributed by atoms with van der Waals surface area (Å²) in [5.41, 5.74) is 0. The third-order valence-corrected chi connectivity index (χ3v) is 4.23. The minimum atomic E-state index is 0.416. The number of unbranched alkanes of at least 4 members (excludes halogenated alkanes) is 2. The molecule has 0 aromatic carbocycles. The average Bonchev–Trinajstić information content (AvgIpc) is 2.58. The quantitative estimate of drug-likeness (QED) is 0.191. The minimum absolute atomic E-state index is 0.416. The number of ether oxygens (including phenoxy) is 2. The molecule has 0 aliphatic carbocycles. The van der Waals surface area contributed by atoms with Gasteiger partial charge in [-0.05, 0) is 50.8 Å². The molecular formula is C18H23Br2ClN2O3. The lowest BCUT2D eigenvalue weighted by Gasteiger charge is -2.06. The summed E-state index contributed by atoms with van der Waals surface area (Å²) in [7, 11) is 0. The van der Waals surface area contributed by atoms with Crippen LogP contribution in [0.1, 0.15) is 39.5 Å². The standard InChI is InChI=1S/C9H11BrClNO.C9H12BrNO2/c1-2-3-4-13-8-5-7(10)6-12-9(8)11;1-2-3-4-13-9-5-8(10)6-11(12)7-9/h5-6H,2-4H2,1H3;5-7H,2-4H2,1H3. The monoisotopic (exact) mass is 508 g/mol. The summed E-state index contributed by atoms with van der Waals surface area (Å²) in [5, 5.41) is 11.4. The molecule has 2 aromatic heterocycles. The van der Waals surface area contributed by atoms with E-state index >= 15 is 0 Å². The van der Waals surface area contributed by atoms with Gasteiger partial charge < -0.3 is 14.7 Å². The minimum Gasteiger partial charge on any atom is -0.619 e. The zero-order chi connectivity index (χ0) is 19.4. The van der Waals surface area contributed by atoms with Crippen molar-refractivity contribution in [3.05, 3.63) is 50.0 Å². The van der Waals surface area contributed by atoms with Crippen molar-refractivity contribution in [2.75, 3.05) is 13.2 Å². The zero-order valence-electron chi connectivity index (χ0n) is 14.9. The van der Waals surface area contributed by atoms with Crippen LogP contribution in [0, 0.1) is 5.21 Å². The first-order chi connectivity index (χ1) is 12.5. The van der Waals surface area contributed by atoms with Gasteiger partial charge in [0.15, 0.2) is 22.8 Å². The van der Waals surface area contributed by atoms with Crippen molar-refractivity contribution in [3.63, 3.8) is 0 Å². The number of aromatic nitrogens is 2. The van der Waals surface area contributed by atoms with Crippen molar-refractivity contribution in [1.29, 1.82) is 0 Å². The molecule has 0 N–H and O–H groups in total. The van der Waals surface area contributed by atoms with E-state index in [0.29, 0.717) is 29.9 Å². The van der Waals surface area contributed by atoms with Crippen LogP contribution < -0.4 is 14.2 Å². The normalized spacial score (nSPS) is 10.0. The molecule has 0 atom stereocenters. The molecule has 0 fully saturated rings. The second kappa shape index (κ2) is 13.2. The van der Waals surface area contributed by atoms with Crippen LogP contribution in [0.4, 0.5) is 0 Å². The molecule has 0 saturated heterocycles. The molecule has 0 aliphatic heterocycles. The summed E-state index contributed by atoms with van der Waals surface area (Å²) in [6, 6.07) is 3.61. The Kier molecular flexibility index (Phi) is 11.6. The third-order valence-electron chi connectivity index (χ3n) is 3.08. The van der Waals surface area contributed by atoms with Gasteiger partial charge in [-0.2, -0.15) is 4.73 Å². The summed E-state index contributed by atoms with van der Waals surface area (Å²) in [4.78, 5) is 3.95. The molecule has 0 saturated carbocycles. The Morgan fingerprint density at radius 2 is 1.69 bits per heavy atom. The molecule has 26 heavy (non-hydrogen) atoms. The summed E-state index contributed by atoms with van der Waals surface area (Å²) in [6.45, 7) is 5.56. The van der Waals surface area contributed by atoms with E-state index in [9.17, 15) is 5.21 Å². The molecule has 2 aromatic rings. The zero-order valence-corrected chi connectivity index (χ0v) is 18.8. The maximum absolute atomic E-state index is 11.0. The Labute approximate surface area is 176 Å². The van der Waals surface area contributed by atoms with Gasteiger partial charge >= 0.3 is 0 Å². The molecule has 0 aliphatic rings. The Morgan fingerprint density at radius 3 is 2.31 bits per heavy atom. The van der Waals surface area contributed by atoms with Gasteiger partial charge in [0, 0.05) is 16.7 Å². The lowest BCUT2D eigenvalue weighted by molar-refractivity contribution is -0.606. The van der Waals surface area contributed by atoms with Gasteiger partial charge in [0.25, 0.3) is 0 Å². The molecule has 0 bridgehead atoms. The van der Waals surface area contributed by atoms with E-state index in [1.165, 1.54) is 12.4 Å². The Balaban J connectivity index is 0.000000260. The molecule has 2 heterocycles. The largest absolute Gasteiger partial charge is 0.619 e. The highest BCUT2D eigenvalue weighted by molar-refractivity contribution is 9.10. The van der Waals surface area contributed by atoms with Crippen LogP contribution in [0.25, 0.3) is 0 Å². The van der Waals surface area contributed by atoms with Crippen molar-refractivity contribution in [1.82, 2.24) is 4.98 Å². The Morgan fingerprint density at radius 1 is 1.04 bits per heavy atom. The van der Waals surface area contributed by atoms with E-state index in [-0.39, 0.29) is 0 Å². The van der Waals surface area contributed by atoms with E-state index in [1.54, 1.807) is 12.3 Å².